The van der Waals surface area contributed by atoms with Crippen molar-refractivity contribution in [3.8, 4) is 22.9 Å². The first kappa shape index (κ1) is 18.9. The molecule has 0 unspecified atom stereocenters. The molecule has 142 valence electrons. The van der Waals surface area contributed by atoms with E-state index in [9.17, 15) is 4.79 Å². The van der Waals surface area contributed by atoms with Gasteiger partial charge in [-0.05, 0) is 43.2 Å². The Morgan fingerprint density at radius 2 is 1.96 bits per heavy atom. The van der Waals surface area contributed by atoms with Crippen LogP contribution in [0.25, 0.3) is 11.4 Å². The zero-order valence-corrected chi connectivity index (χ0v) is 16.4. The van der Waals surface area contributed by atoms with Crippen LogP contribution in [-0.4, -0.2) is 30.3 Å². The number of hydrogen-bond donors (Lipinski definition) is 0. The Bertz CT molecular complexity index is 947. The van der Waals surface area contributed by atoms with Gasteiger partial charge in [-0.2, -0.15) is 4.98 Å². The monoisotopic (exact) mass is 388 g/mol. The van der Waals surface area contributed by atoms with Crippen molar-refractivity contribution in [2.75, 3.05) is 14.2 Å². The van der Waals surface area contributed by atoms with E-state index in [2.05, 4.69) is 17.1 Å². The average molecular weight is 388 g/mol. The summed E-state index contributed by atoms with van der Waals surface area (Å²) in [5.74, 6) is 1.37. The van der Waals surface area contributed by atoms with Gasteiger partial charge in [-0.3, -0.25) is 0 Å². The number of methoxy groups -OCH3 is 2. The van der Waals surface area contributed by atoms with E-state index in [1.807, 2.05) is 13.0 Å². The molecule has 0 atom stereocenters. The van der Waals surface area contributed by atoms with Crippen molar-refractivity contribution in [3.63, 3.8) is 0 Å². The maximum absolute atomic E-state index is 12.2. The topological polar surface area (TPSA) is 83.7 Å². The fraction of sp³-hybridized carbons (Fsp3) is 0.316. The van der Waals surface area contributed by atoms with Gasteiger partial charge in [0.25, 0.3) is 5.89 Å². The van der Waals surface area contributed by atoms with E-state index in [4.69, 9.17) is 18.7 Å². The molecule has 0 N–H and O–H groups in total. The summed E-state index contributed by atoms with van der Waals surface area (Å²) in [5, 5.41) is 3.93. The van der Waals surface area contributed by atoms with E-state index < -0.39 is 5.97 Å². The van der Waals surface area contributed by atoms with E-state index in [0.29, 0.717) is 27.8 Å². The first-order valence-electron chi connectivity index (χ1n) is 8.37. The molecular weight excluding hydrogens is 368 g/mol. The molecule has 0 saturated carbocycles. The standard InChI is InChI=1S/C19H20N2O5S/c1-5-15-11(2)8-16(27-15)19(22)25-10-17-20-18(21-26-17)12-6-7-13(23-3)14(9-12)24-4/h6-9H,5,10H2,1-4H3. The number of carbonyl (C=O) groups is 1. The van der Waals surface area contributed by atoms with Gasteiger partial charge in [-0.25, -0.2) is 4.79 Å². The number of carbonyl (C=O) groups excluding carboxylic acids is 1. The largest absolute Gasteiger partial charge is 0.493 e. The van der Waals surface area contributed by atoms with Crippen molar-refractivity contribution in [2.24, 2.45) is 0 Å². The number of nitrogens with zero attached hydrogens (tertiary/aromatic N) is 2. The number of hydrogen-bond acceptors (Lipinski definition) is 8. The number of benzene rings is 1. The Kier molecular flexibility index (Phi) is 5.75. The maximum atomic E-state index is 12.2. The molecule has 0 saturated heterocycles. The number of rotatable bonds is 7. The van der Waals surface area contributed by atoms with Gasteiger partial charge in [0.2, 0.25) is 5.82 Å². The first-order valence-corrected chi connectivity index (χ1v) is 9.18. The van der Waals surface area contributed by atoms with Crippen molar-refractivity contribution < 1.29 is 23.5 Å². The summed E-state index contributed by atoms with van der Waals surface area (Å²) in [5.41, 5.74) is 1.80. The van der Waals surface area contributed by atoms with Gasteiger partial charge in [-0.1, -0.05) is 12.1 Å². The lowest BCUT2D eigenvalue weighted by Gasteiger charge is -2.07. The van der Waals surface area contributed by atoms with Crippen LogP contribution in [0, 0.1) is 6.92 Å². The summed E-state index contributed by atoms with van der Waals surface area (Å²) < 4.78 is 21.0. The molecule has 1 aromatic carbocycles. The van der Waals surface area contributed by atoms with E-state index in [-0.39, 0.29) is 12.5 Å². The van der Waals surface area contributed by atoms with Crippen LogP contribution in [0.1, 0.15) is 32.9 Å². The van der Waals surface area contributed by atoms with Gasteiger partial charge in [0.15, 0.2) is 18.1 Å². The predicted octanol–water partition coefficient (Wildman–Crippen LogP) is 4.04. The second-order valence-electron chi connectivity index (χ2n) is 5.73. The summed E-state index contributed by atoms with van der Waals surface area (Å²) in [4.78, 5) is 18.2. The Morgan fingerprint density at radius 1 is 1.19 bits per heavy atom. The second-order valence-corrected chi connectivity index (χ2v) is 6.86. The van der Waals surface area contributed by atoms with E-state index in [0.717, 1.165) is 12.0 Å². The molecule has 0 fully saturated rings. The molecule has 0 aliphatic carbocycles. The molecule has 0 spiro atoms. The van der Waals surface area contributed by atoms with Crippen molar-refractivity contribution >= 4 is 17.3 Å². The maximum Gasteiger partial charge on any atom is 0.348 e. The third-order valence-electron chi connectivity index (χ3n) is 3.98. The van der Waals surface area contributed by atoms with Crippen LogP contribution >= 0.6 is 11.3 Å². The summed E-state index contributed by atoms with van der Waals surface area (Å²) in [6.07, 6.45) is 0.891. The fourth-order valence-corrected chi connectivity index (χ4v) is 3.58. The van der Waals surface area contributed by atoms with Crippen molar-refractivity contribution in [3.05, 3.63) is 45.5 Å². The van der Waals surface area contributed by atoms with Crippen LogP contribution in [0.2, 0.25) is 0 Å². The van der Waals surface area contributed by atoms with Crippen LogP contribution in [-0.2, 0) is 17.8 Å². The molecule has 3 rings (SSSR count). The molecule has 27 heavy (non-hydrogen) atoms. The van der Waals surface area contributed by atoms with Crippen molar-refractivity contribution in [2.45, 2.75) is 26.9 Å². The summed E-state index contributed by atoms with van der Waals surface area (Å²) >= 11 is 1.45. The number of aromatic nitrogens is 2. The van der Waals surface area contributed by atoms with Crippen LogP contribution in [0.4, 0.5) is 0 Å². The van der Waals surface area contributed by atoms with Gasteiger partial charge < -0.3 is 18.7 Å². The smallest absolute Gasteiger partial charge is 0.348 e. The Hall–Kier alpha value is -2.87. The van der Waals surface area contributed by atoms with Crippen molar-refractivity contribution in [1.29, 1.82) is 0 Å². The van der Waals surface area contributed by atoms with Gasteiger partial charge in [0.05, 0.1) is 14.2 Å². The molecule has 3 aromatic rings. The average Bonchev–Trinajstić information content (AvgIpc) is 3.32. The second kappa shape index (κ2) is 8.22. The minimum absolute atomic E-state index is 0.0858. The van der Waals surface area contributed by atoms with Gasteiger partial charge >= 0.3 is 5.97 Å². The van der Waals surface area contributed by atoms with Gasteiger partial charge in [-0.15, -0.1) is 11.3 Å². The van der Waals surface area contributed by atoms with Gasteiger partial charge in [0, 0.05) is 10.4 Å². The summed E-state index contributed by atoms with van der Waals surface area (Å²) in [6, 6.07) is 7.15. The fourth-order valence-electron chi connectivity index (χ4n) is 2.58. The third-order valence-corrected chi connectivity index (χ3v) is 5.34. The third kappa shape index (κ3) is 4.11. The predicted molar refractivity (Wildman–Crippen MR) is 100 cm³/mol. The molecule has 0 aliphatic heterocycles. The number of esters is 1. The molecule has 8 heteroatoms. The van der Waals surface area contributed by atoms with Crippen LogP contribution in [0.15, 0.2) is 28.8 Å². The van der Waals surface area contributed by atoms with Crippen molar-refractivity contribution in [1.82, 2.24) is 10.1 Å². The number of aryl methyl sites for hydroxylation is 2. The molecule has 0 amide bonds. The minimum atomic E-state index is -0.395. The minimum Gasteiger partial charge on any atom is -0.493 e. The van der Waals surface area contributed by atoms with E-state index in [1.165, 1.54) is 16.2 Å². The molecule has 7 nitrogen and oxygen atoms in total. The highest BCUT2D eigenvalue weighted by Gasteiger charge is 2.16. The van der Waals surface area contributed by atoms with Crippen LogP contribution < -0.4 is 9.47 Å². The zero-order chi connectivity index (χ0) is 19.4. The number of ether oxygens (including phenoxy) is 3. The number of thiophene rings is 1. The summed E-state index contributed by atoms with van der Waals surface area (Å²) in [6.45, 7) is 3.96. The zero-order valence-electron chi connectivity index (χ0n) is 15.6. The SMILES string of the molecule is CCc1sc(C(=O)OCc2nc(-c3ccc(OC)c(OC)c3)no2)cc1C. The summed E-state index contributed by atoms with van der Waals surface area (Å²) in [7, 11) is 3.12. The lowest BCUT2D eigenvalue weighted by Crippen LogP contribution is -2.03. The van der Waals surface area contributed by atoms with Crippen LogP contribution in [0.5, 0.6) is 11.5 Å². The highest BCUT2D eigenvalue weighted by molar-refractivity contribution is 7.14. The lowest BCUT2D eigenvalue weighted by atomic mass is 10.2. The lowest BCUT2D eigenvalue weighted by molar-refractivity contribution is 0.0435. The molecule has 0 bridgehead atoms. The van der Waals surface area contributed by atoms with Crippen LogP contribution in [0.3, 0.4) is 0 Å². The van der Waals surface area contributed by atoms with Gasteiger partial charge in [0.1, 0.15) is 4.88 Å². The Morgan fingerprint density at radius 3 is 2.63 bits per heavy atom. The Labute approximate surface area is 160 Å². The normalized spacial score (nSPS) is 10.7. The molecular formula is C19H20N2O5S. The molecule has 2 aromatic heterocycles. The molecule has 0 aliphatic rings. The highest BCUT2D eigenvalue weighted by atomic mass is 32.1. The molecule has 0 radical (unpaired) electrons. The highest BCUT2D eigenvalue weighted by Crippen LogP contribution is 2.31. The van der Waals surface area contributed by atoms with E-state index >= 15 is 0 Å². The quantitative estimate of drug-likeness (QED) is 0.565. The Balaban J connectivity index is 1.68. The molecule has 2 heterocycles. The first-order chi connectivity index (χ1) is 13.0. The van der Waals surface area contributed by atoms with E-state index in [1.54, 1.807) is 32.4 Å².